The van der Waals surface area contributed by atoms with E-state index in [1.807, 2.05) is 31.2 Å². The molecule has 1 aliphatic rings. The monoisotopic (exact) mass is 339 g/mol. The minimum atomic E-state index is -0.114. The third-order valence-corrected chi connectivity index (χ3v) is 4.29. The van der Waals surface area contributed by atoms with E-state index in [4.69, 9.17) is 15.2 Å². The van der Waals surface area contributed by atoms with E-state index in [9.17, 15) is 0 Å². The number of guanidine groups is 1. The number of hydrogen-bond donors (Lipinski definition) is 2. The van der Waals surface area contributed by atoms with Gasteiger partial charge in [0.15, 0.2) is 17.5 Å². The lowest BCUT2D eigenvalue weighted by atomic mass is 10.1. The Morgan fingerprint density at radius 3 is 2.72 bits per heavy atom. The summed E-state index contributed by atoms with van der Waals surface area (Å²) >= 11 is 0. The molecule has 0 saturated heterocycles. The van der Waals surface area contributed by atoms with Crippen LogP contribution in [-0.4, -0.2) is 25.7 Å². The molecule has 0 fully saturated rings. The highest BCUT2D eigenvalue weighted by Gasteiger charge is 2.11. The van der Waals surface area contributed by atoms with Crippen LogP contribution in [0.2, 0.25) is 0 Å². The van der Waals surface area contributed by atoms with Crippen molar-refractivity contribution in [1.29, 1.82) is 0 Å². The normalized spacial score (nSPS) is 14.7. The number of nitrogens with one attached hydrogen (secondary N) is 1. The molecule has 5 nitrogen and oxygen atoms in total. The number of rotatable bonds is 6. The molecule has 25 heavy (non-hydrogen) atoms. The molecule has 5 heteroatoms. The largest absolute Gasteiger partial charge is 0.493 e. The van der Waals surface area contributed by atoms with E-state index in [0.717, 1.165) is 12.1 Å². The third-order valence-electron chi connectivity index (χ3n) is 4.29. The summed E-state index contributed by atoms with van der Waals surface area (Å²) in [7, 11) is 1.63. The van der Waals surface area contributed by atoms with Gasteiger partial charge in [-0.2, -0.15) is 0 Å². The molecule has 0 spiro atoms. The number of benzene rings is 2. The number of methoxy groups -OCH3 is 1. The lowest BCUT2D eigenvalue weighted by molar-refractivity contribution is 0.219. The fourth-order valence-electron chi connectivity index (χ4n) is 3.03. The zero-order valence-corrected chi connectivity index (χ0v) is 14.8. The number of aliphatic imine (C=N–C) groups is 1. The molecule has 132 valence electrons. The number of anilines is 1. The quantitative estimate of drug-likeness (QED) is 0.625. The lowest BCUT2D eigenvalue weighted by Crippen LogP contribution is -2.25. The van der Waals surface area contributed by atoms with Gasteiger partial charge < -0.3 is 20.5 Å². The fourth-order valence-corrected chi connectivity index (χ4v) is 3.03. The van der Waals surface area contributed by atoms with E-state index >= 15 is 0 Å². The maximum absolute atomic E-state index is 6.01. The second kappa shape index (κ2) is 7.92. The number of hydrogen-bond acceptors (Lipinski definition) is 3. The van der Waals surface area contributed by atoms with E-state index in [1.54, 1.807) is 7.11 Å². The first-order valence-corrected chi connectivity index (χ1v) is 8.64. The van der Waals surface area contributed by atoms with Crippen molar-refractivity contribution in [1.82, 2.24) is 0 Å². The van der Waals surface area contributed by atoms with Crippen LogP contribution < -0.4 is 20.5 Å². The van der Waals surface area contributed by atoms with Crippen LogP contribution in [0.5, 0.6) is 11.5 Å². The van der Waals surface area contributed by atoms with Gasteiger partial charge in [-0.25, -0.2) is 4.99 Å². The number of para-hydroxylation sites is 2. The second-order valence-electron chi connectivity index (χ2n) is 6.27. The molecule has 0 radical (unpaired) electrons. The summed E-state index contributed by atoms with van der Waals surface area (Å²) in [4.78, 5) is 4.38. The summed E-state index contributed by atoms with van der Waals surface area (Å²) in [5, 5.41) is 3.16. The first kappa shape index (κ1) is 17.1. The van der Waals surface area contributed by atoms with Gasteiger partial charge in [0, 0.05) is 5.69 Å². The third kappa shape index (κ3) is 4.44. The van der Waals surface area contributed by atoms with Crippen LogP contribution in [0, 0.1) is 0 Å². The topological polar surface area (TPSA) is 68.9 Å². The minimum Gasteiger partial charge on any atom is -0.493 e. The van der Waals surface area contributed by atoms with Crippen molar-refractivity contribution in [2.45, 2.75) is 32.3 Å². The summed E-state index contributed by atoms with van der Waals surface area (Å²) in [6, 6.07) is 14.0. The molecule has 1 unspecified atom stereocenters. The van der Waals surface area contributed by atoms with Crippen LogP contribution in [0.15, 0.2) is 47.5 Å². The van der Waals surface area contributed by atoms with Gasteiger partial charge in [-0.05, 0) is 61.6 Å². The summed E-state index contributed by atoms with van der Waals surface area (Å²) in [6.07, 6.45) is 3.44. The number of nitrogens with zero attached hydrogens (tertiary/aromatic N) is 1. The Labute approximate surface area is 148 Å². The van der Waals surface area contributed by atoms with Crippen molar-refractivity contribution in [3.8, 4) is 11.5 Å². The lowest BCUT2D eigenvalue weighted by Gasteiger charge is -2.15. The molecule has 0 heterocycles. The molecule has 0 aliphatic heterocycles. The van der Waals surface area contributed by atoms with Gasteiger partial charge in [-0.15, -0.1) is 0 Å². The van der Waals surface area contributed by atoms with Gasteiger partial charge in [-0.1, -0.05) is 18.2 Å². The first-order valence-electron chi connectivity index (χ1n) is 8.64. The van der Waals surface area contributed by atoms with Crippen LogP contribution in [0.4, 0.5) is 5.69 Å². The first-order chi connectivity index (χ1) is 12.2. The smallest absolute Gasteiger partial charge is 0.193 e. The van der Waals surface area contributed by atoms with E-state index < -0.39 is 0 Å². The second-order valence-corrected chi connectivity index (χ2v) is 6.27. The van der Waals surface area contributed by atoms with Gasteiger partial charge in [0.2, 0.25) is 0 Å². The average molecular weight is 339 g/mol. The van der Waals surface area contributed by atoms with Gasteiger partial charge in [0.25, 0.3) is 0 Å². The van der Waals surface area contributed by atoms with Crippen molar-refractivity contribution in [2.75, 3.05) is 19.0 Å². The van der Waals surface area contributed by atoms with Crippen LogP contribution >= 0.6 is 0 Å². The van der Waals surface area contributed by atoms with Gasteiger partial charge in [-0.3, -0.25) is 0 Å². The summed E-state index contributed by atoms with van der Waals surface area (Å²) < 4.78 is 11.2. The maximum atomic E-state index is 6.01. The molecule has 0 bridgehead atoms. The average Bonchev–Trinajstić information content (AvgIpc) is 3.08. The Morgan fingerprint density at radius 2 is 1.92 bits per heavy atom. The molecule has 2 aromatic carbocycles. The molecular weight excluding hydrogens is 314 g/mol. The Morgan fingerprint density at radius 1 is 1.16 bits per heavy atom. The fraction of sp³-hybridized carbons (Fsp3) is 0.350. The Kier molecular flexibility index (Phi) is 5.43. The van der Waals surface area contributed by atoms with Gasteiger partial charge in [0.05, 0.1) is 13.7 Å². The maximum Gasteiger partial charge on any atom is 0.193 e. The van der Waals surface area contributed by atoms with Crippen molar-refractivity contribution in [2.24, 2.45) is 10.7 Å². The van der Waals surface area contributed by atoms with Gasteiger partial charge in [0.1, 0.15) is 6.10 Å². The summed E-state index contributed by atoms with van der Waals surface area (Å²) in [6.45, 7) is 2.42. The number of nitrogens with two attached hydrogens (primary N) is 1. The molecule has 0 amide bonds. The number of ether oxygens (including phenoxy) is 2. The Balaban J connectivity index is 1.55. The van der Waals surface area contributed by atoms with Crippen LogP contribution in [0.1, 0.15) is 24.5 Å². The van der Waals surface area contributed by atoms with Crippen molar-refractivity contribution < 1.29 is 9.47 Å². The van der Waals surface area contributed by atoms with E-state index in [0.29, 0.717) is 24.0 Å². The molecule has 1 atom stereocenters. The molecule has 0 saturated carbocycles. The van der Waals surface area contributed by atoms with Crippen LogP contribution in [0.25, 0.3) is 0 Å². The zero-order chi connectivity index (χ0) is 17.6. The van der Waals surface area contributed by atoms with E-state index in [1.165, 1.54) is 24.0 Å². The zero-order valence-electron chi connectivity index (χ0n) is 14.8. The van der Waals surface area contributed by atoms with E-state index in [-0.39, 0.29) is 6.10 Å². The standard InChI is InChI=1S/C20H25N3O2/c1-14(25-19-9-4-3-8-18(19)24-2)13-22-20(21)23-17-11-10-15-6-5-7-16(15)12-17/h3-4,8-12,14H,5-7,13H2,1-2H3,(H3,21,22,23). The van der Waals surface area contributed by atoms with Crippen molar-refractivity contribution in [3.63, 3.8) is 0 Å². The Hall–Kier alpha value is -2.69. The Bertz CT molecular complexity index is 758. The highest BCUT2D eigenvalue weighted by molar-refractivity contribution is 5.92. The number of fused-ring (bicyclic) bond motifs is 1. The van der Waals surface area contributed by atoms with Crippen LogP contribution in [-0.2, 0) is 12.8 Å². The minimum absolute atomic E-state index is 0.114. The highest BCUT2D eigenvalue weighted by atomic mass is 16.5. The number of aryl methyl sites for hydroxylation is 2. The molecular formula is C20H25N3O2. The van der Waals surface area contributed by atoms with Crippen molar-refractivity contribution in [3.05, 3.63) is 53.6 Å². The van der Waals surface area contributed by atoms with Gasteiger partial charge >= 0.3 is 0 Å². The predicted octanol–water partition coefficient (Wildman–Crippen LogP) is 3.38. The SMILES string of the molecule is COc1ccccc1OC(C)CN=C(N)Nc1ccc2c(c1)CCC2. The molecule has 0 aromatic heterocycles. The summed E-state index contributed by atoms with van der Waals surface area (Å²) in [5.74, 6) is 1.81. The highest BCUT2D eigenvalue weighted by Crippen LogP contribution is 2.27. The van der Waals surface area contributed by atoms with Crippen LogP contribution in [0.3, 0.4) is 0 Å². The summed E-state index contributed by atoms with van der Waals surface area (Å²) in [5.41, 5.74) is 9.85. The molecule has 3 N–H and O–H groups in total. The van der Waals surface area contributed by atoms with Crippen molar-refractivity contribution >= 4 is 11.6 Å². The molecule has 3 rings (SSSR count). The van der Waals surface area contributed by atoms with E-state index in [2.05, 4.69) is 28.5 Å². The molecule has 2 aromatic rings. The molecule has 1 aliphatic carbocycles. The predicted molar refractivity (Wildman–Crippen MR) is 102 cm³/mol.